The second kappa shape index (κ2) is 3.63. The van der Waals surface area contributed by atoms with Gasteiger partial charge in [-0.1, -0.05) is 12.1 Å². The molecule has 0 saturated heterocycles. The standard InChI is InChI=1S/C12H13NO3/c1-12(11(15)16)7-6-9(13-12)8-4-2-3-5-10(8)14/h2-5,14H,6-7H2,1H3,(H,15,16). The highest BCUT2D eigenvalue weighted by Gasteiger charge is 2.37. The van der Waals surface area contributed by atoms with E-state index in [1.807, 2.05) is 0 Å². The molecular formula is C12H13NO3. The number of aliphatic imine (C=N–C) groups is 1. The number of carboxylic acid groups (broad SMARTS) is 1. The maximum Gasteiger partial charge on any atom is 0.331 e. The first-order valence-electron chi connectivity index (χ1n) is 5.13. The van der Waals surface area contributed by atoms with E-state index in [1.165, 1.54) is 0 Å². The molecule has 1 aliphatic heterocycles. The Hall–Kier alpha value is -1.84. The largest absolute Gasteiger partial charge is 0.507 e. The van der Waals surface area contributed by atoms with E-state index < -0.39 is 11.5 Å². The van der Waals surface area contributed by atoms with Crippen LogP contribution in [-0.4, -0.2) is 27.4 Å². The van der Waals surface area contributed by atoms with Gasteiger partial charge in [-0.15, -0.1) is 0 Å². The third kappa shape index (κ3) is 1.66. The number of carboxylic acids is 1. The fourth-order valence-electron chi connectivity index (χ4n) is 1.84. The second-order valence-corrected chi connectivity index (χ2v) is 4.15. The quantitative estimate of drug-likeness (QED) is 0.797. The van der Waals surface area contributed by atoms with Crippen LogP contribution in [0.3, 0.4) is 0 Å². The molecule has 1 atom stereocenters. The molecule has 1 aromatic rings. The van der Waals surface area contributed by atoms with Crippen molar-refractivity contribution >= 4 is 11.7 Å². The summed E-state index contributed by atoms with van der Waals surface area (Å²) in [6.07, 6.45) is 1.06. The van der Waals surface area contributed by atoms with E-state index in [1.54, 1.807) is 31.2 Å². The summed E-state index contributed by atoms with van der Waals surface area (Å²) in [5, 5.41) is 18.7. The molecule has 0 aromatic heterocycles. The highest BCUT2D eigenvalue weighted by molar-refractivity contribution is 6.06. The minimum Gasteiger partial charge on any atom is -0.507 e. The fraction of sp³-hybridized carbons (Fsp3) is 0.333. The summed E-state index contributed by atoms with van der Waals surface area (Å²) in [5.41, 5.74) is 0.257. The molecule has 2 rings (SSSR count). The number of nitrogens with zero attached hydrogens (tertiary/aromatic N) is 1. The first-order chi connectivity index (χ1) is 7.53. The number of aliphatic carboxylic acids is 1. The molecule has 84 valence electrons. The summed E-state index contributed by atoms with van der Waals surface area (Å²) in [5.74, 6) is -0.770. The van der Waals surface area contributed by atoms with Gasteiger partial charge in [0.15, 0.2) is 5.54 Å². The lowest BCUT2D eigenvalue weighted by Crippen LogP contribution is -2.30. The molecule has 0 aliphatic carbocycles. The summed E-state index contributed by atoms with van der Waals surface area (Å²) in [6, 6.07) is 6.86. The summed E-state index contributed by atoms with van der Waals surface area (Å²) in [7, 11) is 0. The van der Waals surface area contributed by atoms with Crippen molar-refractivity contribution in [2.45, 2.75) is 25.3 Å². The van der Waals surface area contributed by atoms with E-state index in [9.17, 15) is 9.90 Å². The lowest BCUT2D eigenvalue weighted by molar-refractivity contribution is -0.142. The molecule has 1 heterocycles. The molecule has 1 aromatic carbocycles. The Kier molecular flexibility index (Phi) is 2.42. The number of carbonyl (C=O) groups is 1. The van der Waals surface area contributed by atoms with Crippen molar-refractivity contribution in [2.24, 2.45) is 4.99 Å². The number of hydrogen-bond acceptors (Lipinski definition) is 3. The van der Waals surface area contributed by atoms with Crippen LogP contribution >= 0.6 is 0 Å². The number of hydrogen-bond donors (Lipinski definition) is 2. The summed E-state index contributed by atoms with van der Waals surface area (Å²) in [6.45, 7) is 1.60. The number of para-hydroxylation sites is 1. The summed E-state index contributed by atoms with van der Waals surface area (Å²) < 4.78 is 0. The highest BCUT2D eigenvalue weighted by atomic mass is 16.4. The van der Waals surface area contributed by atoms with E-state index in [0.717, 1.165) is 0 Å². The molecule has 0 amide bonds. The van der Waals surface area contributed by atoms with Crippen LogP contribution in [0.2, 0.25) is 0 Å². The van der Waals surface area contributed by atoms with Crippen molar-refractivity contribution in [1.82, 2.24) is 0 Å². The summed E-state index contributed by atoms with van der Waals surface area (Å²) >= 11 is 0. The molecule has 0 bridgehead atoms. The molecule has 1 unspecified atom stereocenters. The van der Waals surface area contributed by atoms with E-state index in [-0.39, 0.29) is 5.75 Å². The Morgan fingerprint density at radius 2 is 2.12 bits per heavy atom. The minimum absolute atomic E-state index is 0.149. The Morgan fingerprint density at radius 1 is 1.44 bits per heavy atom. The maximum absolute atomic E-state index is 11.0. The molecule has 0 spiro atoms. The zero-order chi connectivity index (χ0) is 11.8. The lowest BCUT2D eigenvalue weighted by Gasteiger charge is -2.12. The van der Waals surface area contributed by atoms with Crippen LogP contribution in [0.25, 0.3) is 0 Å². The van der Waals surface area contributed by atoms with E-state index >= 15 is 0 Å². The molecule has 2 N–H and O–H groups in total. The molecular weight excluding hydrogens is 206 g/mol. The zero-order valence-electron chi connectivity index (χ0n) is 8.97. The predicted molar refractivity (Wildman–Crippen MR) is 59.9 cm³/mol. The Labute approximate surface area is 93.3 Å². The van der Waals surface area contributed by atoms with Crippen LogP contribution in [0.5, 0.6) is 5.75 Å². The van der Waals surface area contributed by atoms with Gasteiger partial charge in [-0.05, 0) is 31.9 Å². The summed E-state index contributed by atoms with van der Waals surface area (Å²) in [4.78, 5) is 15.2. The highest BCUT2D eigenvalue weighted by Crippen LogP contribution is 2.31. The second-order valence-electron chi connectivity index (χ2n) is 4.15. The van der Waals surface area contributed by atoms with Crippen molar-refractivity contribution in [1.29, 1.82) is 0 Å². The number of benzene rings is 1. The predicted octanol–water partition coefficient (Wildman–Crippen LogP) is 1.82. The number of rotatable bonds is 2. The van der Waals surface area contributed by atoms with Gasteiger partial charge in [0.05, 0.1) is 0 Å². The van der Waals surface area contributed by atoms with Gasteiger partial charge in [0.1, 0.15) is 5.75 Å². The third-order valence-electron chi connectivity index (χ3n) is 2.91. The first-order valence-corrected chi connectivity index (χ1v) is 5.13. The zero-order valence-corrected chi connectivity index (χ0v) is 8.97. The SMILES string of the molecule is CC1(C(=O)O)CCC(c2ccccc2O)=N1. The van der Waals surface area contributed by atoms with Gasteiger partial charge >= 0.3 is 5.97 Å². The van der Waals surface area contributed by atoms with Crippen LogP contribution in [0.4, 0.5) is 0 Å². The lowest BCUT2D eigenvalue weighted by atomic mass is 9.99. The van der Waals surface area contributed by atoms with Crippen molar-refractivity contribution in [3.05, 3.63) is 29.8 Å². The third-order valence-corrected chi connectivity index (χ3v) is 2.91. The minimum atomic E-state index is -1.04. The van der Waals surface area contributed by atoms with Crippen LogP contribution in [0, 0.1) is 0 Å². The average molecular weight is 219 g/mol. The molecule has 0 saturated carbocycles. The van der Waals surface area contributed by atoms with Gasteiger partial charge in [-0.3, -0.25) is 4.99 Å². The van der Waals surface area contributed by atoms with E-state index in [0.29, 0.717) is 24.1 Å². The maximum atomic E-state index is 11.0. The van der Waals surface area contributed by atoms with E-state index in [4.69, 9.17) is 5.11 Å². The van der Waals surface area contributed by atoms with E-state index in [2.05, 4.69) is 4.99 Å². The van der Waals surface area contributed by atoms with Crippen molar-refractivity contribution < 1.29 is 15.0 Å². The smallest absolute Gasteiger partial charge is 0.331 e. The van der Waals surface area contributed by atoms with Gasteiger partial charge < -0.3 is 10.2 Å². The number of phenols is 1. The van der Waals surface area contributed by atoms with Crippen LogP contribution in [0.15, 0.2) is 29.3 Å². The molecule has 16 heavy (non-hydrogen) atoms. The molecule has 0 fully saturated rings. The molecule has 0 radical (unpaired) electrons. The molecule has 4 nitrogen and oxygen atoms in total. The Morgan fingerprint density at radius 3 is 2.69 bits per heavy atom. The Balaban J connectivity index is 2.39. The Bertz CT molecular complexity index is 467. The molecule has 4 heteroatoms. The topological polar surface area (TPSA) is 69.9 Å². The molecule has 1 aliphatic rings. The van der Waals surface area contributed by atoms with Gasteiger partial charge in [-0.25, -0.2) is 4.79 Å². The van der Waals surface area contributed by atoms with Gasteiger partial charge in [0.25, 0.3) is 0 Å². The van der Waals surface area contributed by atoms with Gasteiger partial charge in [-0.2, -0.15) is 0 Å². The van der Waals surface area contributed by atoms with Crippen molar-refractivity contribution in [3.8, 4) is 5.75 Å². The number of aromatic hydroxyl groups is 1. The normalized spacial score (nSPS) is 24.2. The first kappa shape index (κ1) is 10.7. The fourth-order valence-corrected chi connectivity index (χ4v) is 1.84. The van der Waals surface area contributed by atoms with Crippen LogP contribution in [-0.2, 0) is 4.79 Å². The monoisotopic (exact) mass is 219 g/mol. The van der Waals surface area contributed by atoms with Crippen molar-refractivity contribution in [3.63, 3.8) is 0 Å². The van der Waals surface area contributed by atoms with Gasteiger partial charge in [0, 0.05) is 11.3 Å². The number of phenolic OH excluding ortho intramolecular Hbond substituents is 1. The van der Waals surface area contributed by atoms with Crippen LogP contribution < -0.4 is 0 Å². The average Bonchev–Trinajstić information content (AvgIpc) is 2.63. The van der Waals surface area contributed by atoms with Gasteiger partial charge in [0.2, 0.25) is 0 Å². The van der Waals surface area contributed by atoms with Crippen LogP contribution in [0.1, 0.15) is 25.3 Å². The van der Waals surface area contributed by atoms with Crippen molar-refractivity contribution in [2.75, 3.05) is 0 Å².